The molecule has 0 spiro atoms. The number of rotatable bonds is 5. The fourth-order valence-electron chi connectivity index (χ4n) is 3.80. The standard InChI is InChI=1S/C21H29N5O/c1-16-5-3-6-18(13-16)25-8-10-26(11-9-25)21-23-17(2)14-20(24-21)22-15-19-7-4-12-27-19/h3,5-6,13-14,19H,4,7-12,15H2,1-2H3,(H,22,23,24). The highest BCUT2D eigenvalue weighted by Gasteiger charge is 2.20. The number of ether oxygens (including phenoxy) is 1. The van der Waals surface area contributed by atoms with E-state index >= 15 is 0 Å². The van der Waals surface area contributed by atoms with Crippen molar-refractivity contribution in [3.63, 3.8) is 0 Å². The lowest BCUT2D eigenvalue weighted by Crippen LogP contribution is -2.47. The molecule has 1 unspecified atom stereocenters. The van der Waals surface area contributed by atoms with E-state index in [0.717, 1.165) is 69.6 Å². The largest absolute Gasteiger partial charge is 0.376 e. The lowest BCUT2D eigenvalue weighted by atomic mass is 10.2. The molecule has 2 fully saturated rings. The Morgan fingerprint density at radius 3 is 2.63 bits per heavy atom. The summed E-state index contributed by atoms with van der Waals surface area (Å²) in [5, 5.41) is 3.43. The zero-order valence-corrected chi connectivity index (χ0v) is 16.3. The van der Waals surface area contributed by atoms with Crippen LogP contribution in [0.2, 0.25) is 0 Å². The Kier molecular flexibility index (Phi) is 5.43. The smallest absolute Gasteiger partial charge is 0.227 e. The van der Waals surface area contributed by atoms with Crippen molar-refractivity contribution in [2.75, 3.05) is 54.4 Å². The average molecular weight is 367 g/mol. The Labute approximate surface area is 161 Å². The Bertz CT molecular complexity index is 767. The predicted molar refractivity (Wildman–Crippen MR) is 110 cm³/mol. The van der Waals surface area contributed by atoms with Crippen molar-refractivity contribution < 1.29 is 4.74 Å². The van der Waals surface area contributed by atoms with E-state index in [0.29, 0.717) is 6.10 Å². The highest BCUT2D eigenvalue weighted by atomic mass is 16.5. The van der Waals surface area contributed by atoms with Crippen LogP contribution in [0.5, 0.6) is 0 Å². The second-order valence-corrected chi connectivity index (χ2v) is 7.52. The maximum atomic E-state index is 5.69. The van der Waals surface area contributed by atoms with Crippen LogP contribution in [0.4, 0.5) is 17.5 Å². The zero-order chi connectivity index (χ0) is 18.6. The number of aromatic nitrogens is 2. The Morgan fingerprint density at radius 1 is 1.07 bits per heavy atom. The van der Waals surface area contributed by atoms with Crippen LogP contribution in [0.3, 0.4) is 0 Å². The molecule has 6 nitrogen and oxygen atoms in total. The minimum atomic E-state index is 0.307. The van der Waals surface area contributed by atoms with Crippen molar-refractivity contribution >= 4 is 17.5 Å². The molecule has 6 heteroatoms. The summed E-state index contributed by atoms with van der Waals surface area (Å²) >= 11 is 0. The highest BCUT2D eigenvalue weighted by molar-refractivity contribution is 5.51. The molecule has 0 saturated carbocycles. The molecule has 2 aliphatic rings. The molecule has 0 bridgehead atoms. The van der Waals surface area contributed by atoms with E-state index in [4.69, 9.17) is 9.72 Å². The topological polar surface area (TPSA) is 53.5 Å². The van der Waals surface area contributed by atoms with Gasteiger partial charge in [-0.25, -0.2) is 4.98 Å². The van der Waals surface area contributed by atoms with Crippen LogP contribution in [0, 0.1) is 13.8 Å². The van der Waals surface area contributed by atoms with Gasteiger partial charge in [0, 0.05) is 56.8 Å². The normalized spacial score (nSPS) is 20.1. The summed E-state index contributed by atoms with van der Waals surface area (Å²) in [6, 6.07) is 10.7. The van der Waals surface area contributed by atoms with Crippen molar-refractivity contribution in [2.45, 2.75) is 32.8 Å². The van der Waals surface area contributed by atoms with Gasteiger partial charge in [-0.05, 0) is 44.4 Å². The number of anilines is 3. The van der Waals surface area contributed by atoms with Crippen molar-refractivity contribution in [2.24, 2.45) is 0 Å². The molecule has 2 saturated heterocycles. The third-order valence-electron chi connectivity index (χ3n) is 5.31. The van der Waals surface area contributed by atoms with E-state index in [9.17, 15) is 0 Å². The predicted octanol–water partition coefficient (Wildman–Crippen LogP) is 3.01. The molecule has 2 aromatic rings. The van der Waals surface area contributed by atoms with Crippen LogP contribution in [0.25, 0.3) is 0 Å². The molecular formula is C21H29N5O. The van der Waals surface area contributed by atoms with E-state index in [1.54, 1.807) is 0 Å². The summed E-state index contributed by atoms with van der Waals surface area (Å²) in [5.74, 6) is 1.72. The molecule has 144 valence electrons. The van der Waals surface area contributed by atoms with E-state index in [2.05, 4.69) is 51.3 Å². The highest BCUT2D eigenvalue weighted by Crippen LogP contribution is 2.21. The molecule has 0 amide bonds. The van der Waals surface area contributed by atoms with Gasteiger partial charge < -0.3 is 19.9 Å². The molecule has 0 aliphatic carbocycles. The van der Waals surface area contributed by atoms with E-state index in [1.807, 2.05) is 13.0 Å². The van der Waals surface area contributed by atoms with Gasteiger partial charge in [-0.2, -0.15) is 4.98 Å². The molecule has 1 aromatic heterocycles. The molecule has 2 aliphatic heterocycles. The van der Waals surface area contributed by atoms with Crippen LogP contribution in [-0.4, -0.2) is 55.4 Å². The van der Waals surface area contributed by atoms with Gasteiger partial charge in [0.1, 0.15) is 5.82 Å². The molecule has 3 heterocycles. The Balaban J connectivity index is 1.38. The lowest BCUT2D eigenvalue weighted by Gasteiger charge is -2.36. The first-order valence-electron chi connectivity index (χ1n) is 9.95. The monoisotopic (exact) mass is 367 g/mol. The van der Waals surface area contributed by atoms with E-state index in [-0.39, 0.29) is 0 Å². The third kappa shape index (κ3) is 4.50. The summed E-state index contributed by atoms with van der Waals surface area (Å²) in [6.45, 7) is 9.71. The van der Waals surface area contributed by atoms with Crippen molar-refractivity contribution in [3.05, 3.63) is 41.6 Å². The van der Waals surface area contributed by atoms with Gasteiger partial charge in [0.15, 0.2) is 0 Å². The molecular weight excluding hydrogens is 338 g/mol. The number of piperazine rings is 1. The van der Waals surface area contributed by atoms with Gasteiger partial charge in [0.2, 0.25) is 5.95 Å². The fraction of sp³-hybridized carbons (Fsp3) is 0.524. The molecule has 4 rings (SSSR count). The van der Waals surface area contributed by atoms with Crippen LogP contribution >= 0.6 is 0 Å². The van der Waals surface area contributed by atoms with Crippen LogP contribution in [-0.2, 0) is 4.74 Å². The second kappa shape index (κ2) is 8.13. The van der Waals surface area contributed by atoms with Gasteiger partial charge in [-0.3, -0.25) is 0 Å². The molecule has 0 radical (unpaired) electrons. The van der Waals surface area contributed by atoms with Crippen LogP contribution < -0.4 is 15.1 Å². The molecule has 1 aromatic carbocycles. The Morgan fingerprint density at radius 2 is 1.89 bits per heavy atom. The third-order valence-corrected chi connectivity index (χ3v) is 5.31. The van der Waals surface area contributed by atoms with Crippen LogP contribution in [0.1, 0.15) is 24.1 Å². The average Bonchev–Trinajstić information content (AvgIpc) is 3.20. The van der Waals surface area contributed by atoms with Crippen molar-refractivity contribution in [3.8, 4) is 0 Å². The molecule has 1 N–H and O–H groups in total. The zero-order valence-electron chi connectivity index (χ0n) is 16.3. The van der Waals surface area contributed by atoms with Gasteiger partial charge in [0.25, 0.3) is 0 Å². The fourth-order valence-corrected chi connectivity index (χ4v) is 3.80. The first-order chi connectivity index (χ1) is 13.2. The minimum Gasteiger partial charge on any atom is -0.376 e. The number of hydrogen-bond donors (Lipinski definition) is 1. The quantitative estimate of drug-likeness (QED) is 0.877. The molecule has 27 heavy (non-hydrogen) atoms. The number of nitrogens with zero attached hydrogens (tertiary/aromatic N) is 4. The van der Waals surface area contributed by atoms with Crippen molar-refractivity contribution in [1.82, 2.24) is 9.97 Å². The maximum absolute atomic E-state index is 5.69. The summed E-state index contributed by atoms with van der Waals surface area (Å²) in [4.78, 5) is 14.2. The van der Waals surface area contributed by atoms with Gasteiger partial charge in [-0.1, -0.05) is 12.1 Å². The van der Waals surface area contributed by atoms with Gasteiger partial charge >= 0.3 is 0 Å². The summed E-state index contributed by atoms with van der Waals surface area (Å²) < 4.78 is 5.69. The lowest BCUT2D eigenvalue weighted by molar-refractivity contribution is 0.120. The number of aryl methyl sites for hydroxylation is 2. The summed E-state index contributed by atoms with van der Waals surface area (Å²) in [5.41, 5.74) is 3.61. The van der Waals surface area contributed by atoms with E-state index < -0.39 is 0 Å². The number of hydrogen-bond acceptors (Lipinski definition) is 6. The second-order valence-electron chi connectivity index (χ2n) is 7.52. The number of nitrogens with one attached hydrogen (secondary N) is 1. The van der Waals surface area contributed by atoms with Crippen molar-refractivity contribution in [1.29, 1.82) is 0 Å². The van der Waals surface area contributed by atoms with Gasteiger partial charge in [0.05, 0.1) is 6.10 Å². The minimum absolute atomic E-state index is 0.307. The SMILES string of the molecule is Cc1cccc(N2CCN(c3nc(C)cc(NCC4CCCO4)n3)CC2)c1. The van der Waals surface area contributed by atoms with E-state index in [1.165, 1.54) is 11.3 Å². The van der Waals surface area contributed by atoms with Gasteiger partial charge in [-0.15, -0.1) is 0 Å². The molecule has 1 atom stereocenters. The first-order valence-corrected chi connectivity index (χ1v) is 9.95. The Hall–Kier alpha value is -2.34. The first kappa shape index (κ1) is 18.0. The van der Waals surface area contributed by atoms with Crippen LogP contribution in [0.15, 0.2) is 30.3 Å². The maximum Gasteiger partial charge on any atom is 0.227 e. The summed E-state index contributed by atoms with van der Waals surface area (Å²) in [7, 11) is 0. The number of benzene rings is 1. The summed E-state index contributed by atoms with van der Waals surface area (Å²) in [6.07, 6.45) is 2.60.